The molecule has 0 radical (unpaired) electrons. The molecular weight excluding hydrogens is 382 g/mol. The number of rotatable bonds is 14. The maximum atomic E-state index is 6.09. The molecule has 0 aliphatic carbocycles. The highest BCUT2D eigenvalue weighted by molar-refractivity contribution is 5.56. The van der Waals surface area contributed by atoms with Crippen LogP contribution in [0.1, 0.15) is 50.2 Å². The Morgan fingerprint density at radius 2 is 1.32 bits per heavy atom. The highest BCUT2D eigenvalue weighted by atomic mass is 16.5. The number of para-hydroxylation sites is 3. The van der Waals surface area contributed by atoms with Gasteiger partial charge in [-0.15, -0.1) is 0 Å². The van der Waals surface area contributed by atoms with Crippen LogP contribution in [-0.2, 0) is 13.0 Å². The van der Waals surface area contributed by atoms with E-state index in [9.17, 15) is 0 Å². The fraction of sp³-hybridized carbons (Fsp3) is 0.357. The number of nitrogens with one attached hydrogen (secondary N) is 1. The summed E-state index contributed by atoms with van der Waals surface area (Å²) in [6.45, 7) is 4.41. The van der Waals surface area contributed by atoms with Crippen molar-refractivity contribution in [1.82, 2.24) is 0 Å². The van der Waals surface area contributed by atoms with Crippen molar-refractivity contribution < 1.29 is 9.47 Å². The molecule has 0 saturated carbocycles. The van der Waals surface area contributed by atoms with Gasteiger partial charge in [-0.1, -0.05) is 86.8 Å². The van der Waals surface area contributed by atoms with E-state index in [0.29, 0.717) is 13.2 Å². The first-order valence-electron chi connectivity index (χ1n) is 11.6. The van der Waals surface area contributed by atoms with Crippen LogP contribution < -0.4 is 14.8 Å². The SMILES string of the molecule is CCCCCCOc1ccccc1CNc1ccccc1OCCCc1ccccc1. The molecule has 0 atom stereocenters. The van der Waals surface area contributed by atoms with Crippen molar-refractivity contribution >= 4 is 5.69 Å². The zero-order valence-corrected chi connectivity index (χ0v) is 18.7. The van der Waals surface area contributed by atoms with E-state index in [-0.39, 0.29) is 0 Å². The first kappa shape index (κ1) is 22.7. The molecule has 3 aromatic rings. The summed E-state index contributed by atoms with van der Waals surface area (Å²) in [5, 5.41) is 3.53. The molecule has 0 saturated heterocycles. The van der Waals surface area contributed by atoms with E-state index in [1.165, 1.54) is 24.8 Å². The Morgan fingerprint density at radius 3 is 2.16 bits per heavy atom. The fourth-order valence-corrected chi connectivity index (χ4v) is 3.53. The minimum atomic E-state index is 0.699. The summed E-state index contributed by atoms with van der Waals surface area (Å²) in [5.74, 6) is 1.86. The number of hydrogen-bond donors (Lipinski definition) is 1. The summed E-state index contributed by atoms with van der Waals surface area (Å²) in [5.41, 5.74) is 3.53. The van der Waals surface area contributed by atoms with E-state index in [0.717, 1.165) is 48.6 Å². The molecule has 31 heavy (non-hydrogen) atoms. The third-order valence-corrected chi connectivity index (χ3v) is 5.29. The predicted molar refractivity (Wildman–Crippen MR) is 130 cm³/mol. The van der Waals surface area contributed by atoms with Gasteiger partial charge in [-0.3, -0.25) is 0 Å². The Morgan fingerprint density at radius 1 is 0.645 bits per heavy atom. The molecule has 0 aliphatic heterocycles. The molecule has 0 unspecified atom stereocenters. The number of benzene rings is 3. The average Bonchev–Trinajstić information content (AvgIpc) is 2.82. The standard InChI is InChI=1S/C28H35NO2/c1-2-3-4-12-21-30-27-19-10-8-17-25(27)23-29-26-18-9-11-20-28(26)31-22-13-16-24-14-6-5-7-15-24/h5-11,14-15,17-20,29H,2-4,12-13,16,21-23H2,1H3. The van der Waals surface area contributed by atoms with Crippen LogP contribution in [0.25, 0.3) is 0 Å². The Labute approximate surface area is 187 Å². The summed E-state index contributed by atoms with van der Waals surface area (Å²) in [7, 11) is 0. The first-order valence-corrected chi connectivity index (χ1v) is 11.6. The Hall–Kier alpha value is -2.94. The van der Waals surface area contributed by atoms with Gasteiger partial charge in [0.1, 0.15) is 11.5 Å². The Kier molecular flexibility index (Phi) is 9.81. The van der Waals surface area contributed by atoms with Crippen molar-refractivity contribution in [1.29, 1.82) is 0 Å². The third kappa shape index (κ3) is 8.01. The van der Waals surface area contributed by atoms with E-state index in [4.69, 9.17) is 9.47 Å². The monoisotopic (exact) mass is 417 g/mol. The van der Waals surface area contributed by atoms with E-state index >= 15 is 0 Å². The summed E-state index contributed by atoms with van der Waals surface area (Å²) in [6, 6.07) is 27.0. The molecule has 3 rings (SSSR count). The van der Waals surface area contributed by atoms with Crippen molar-refractivity contribution in [3.05, 3.63) is 90.0 Å². The summed E-state index contributed by atoms with van der Waals surface area (Å²) in [6.07, 6.45) is 6.87. The minimum Gasteiger partial charge on any atom is -0.493 e. The molecule has 3 heteroatoms. The molecule has 0 bridgehead atoms. The zero-order chi connectivity index (χ0) is 21.6. The summed E-state index contributed by atoms with van der Waals surface area (Å²) < 4.78 is 12.1. The second kappa shape index (κ2) is 13.4. The first-order chi connectivity index (χ1) is 15.4. The lowest BCUT2D eigenvalue weighted by Gasteiger charge is -2.15. The second-order valence-corrected chi connectivity index (χ2v) is 7.80. The van der Waals surface area contributed by atoms with Crippen molar-refractivity contribution in [2.24, 2.45) is 0 Å². The molecule has 0 fully saturated rings. The fourth-order valence-electron chi connectivity index (χ4n) is 3.53. The topological polar surface area (TPSA) is 30.5 Å². The van der Waals surface area contributed by atoms with E-state index in [1.807, 2.05) is 24.3 Å². The van der Waals surface area contributed by atoms with E-state index in [1.54, 1.807) is 0 Å². The van der Waals surface area contributed by atoms with Crippen LogP contribution in [0.5, 0.6) is 11.5 Å². The number of unbranched alkanes of at least 4 members (excludes halogenated alkanes) is 3. The van der Waals surface area contributed by atoms with Gasteiger partial charge in [-0.2, -0.15) is 0 Å². The zero-order valence-electron chi connectivity index (χ0n) is 18.7. The van der Waals surface area contributed by atoms with Crippen molar-refractivity contribution in [3.8, 4) is 11.5 Å². The van der Waals surface area contributed by atoms with Gasteiger partial charge in [-0.05, 0) is 43.0 Å². The number of aryl methyl sites for hydroxylation is 1. The molecule has 164 valence electrons. The number of ether oxygens (including phenoxy) is 2. The molecule has 0 aliphatic rings. The summed E-state index contributed by atoms with van der Waals surface area (Å²) in [4.78, 5) is 0. The van der Waals surface area contributed by atoms with Crippen LogP contribution in [0.4, 0.5) is 5.69 Å². The lowest BCUT2D eigenvalue weighted by molar-refractivity contribution is 0.302. The molecular formula is C28H35NO2. The summed E-state index contributed by atoms with van der Waals surface area (Å²) >= 11 is 0. The smallest absolute Gasteiger partial charge is 0.142 e. The lowest BCUT2D eigenvalue weighted by Crippen LogP contribution is -2.06. The van der Waals surface area contributed by atoms with Crippen molar-refractivity contribution in [2.75, 3.05) is 18.5 Å². The van der Waals surface area contributed by atoms with Gasteiger partial charge in [0.25, 0.3) is 0 Å². The predicted octanol–water partition coefficient (Wildman–Crippen LogP) is 7.27. The van der Waals surface area contributed by atoms with E-state index < -0.39 is 0 Å². The van der Waals surface area contributed by atoms with Crippen LogP contribution >= 0.6 is 0 Å². The minimum absolute atomic E-state index is 0.699. The third-order valence-electron chi connectivity index (χ3n) is 5.29. The molecule has 3 nitrogen and oxygen atoms in total. The van der Waals surface area contributed by atoms with Crippen molar-refractivity contribution in [3.63, 3.8) is 0 Å². The van der Waals surface area contributed by atoms with Crippen LogP contribution in [0.3, 0.4) is 0 Å². The highest BCUT2D eigenvalue weighted by Gasteiger charge is 2.06. The Balaban J connectivity index is 1.49. The van der Waals surface area contributed by atoms with Crippen LogP contribution in [-0.4, -0.2) is 13.2 Å². The van der Waals surface area contributed by atoms with Gasteiger partial charge >= 0.3 is 0 Å². The van der Waals surface area contributed by atoms with Crippen LogP contribution in [0.2, 0.25) is 0 Å². The van der Waals surface area contributed by atoms with Gasteiger partial charge < -0.3 is 14.8 Å². The molecule has 0 heterocycles. The molecule has 0 amide bonds. The number of hydrogen-bond acceptors (Lipinski definition) is 3. The average molecular weight is 418 g/mol. The maximum absolute atomic E-state index is 6.09. The highest BCUT2D eigenvalue weighted by Crippen LogP contribution is 2.26. The second-order valence-electron chi connectivity index (χ2n) is 7.80. The van der Waals surface area contributed by atoms with Crippen molar-refractivity contribution in [2.45, 2.75) is 52.0 Å². The lowest BCUT2D eigenvalue weighted by atomic mass is 10.1. The normalized spacial score (nSPS) is 10.6. The Bertz CT molecular complexity index is 879. The largest absolute Gasteiger partial charge is 0.493 e. The molecule has 1 N–H and O–H groups in total. The van der Waals surface area contributed by atoms with E-state index in [2.05, 4.69) is 66.8 Å². The number of anilines is 1. The van der Waals surface area contributed by atoms with Gasteiger partial charge in [0.05, 0.1) is 18.9 Å². The maximum Gasteiger partial charge on any atom is 0.142 e. The molecule has 3 aromatic carbocycles. The van der Waals surface area contributed by atoms with Crippen LogP contribution in [0.15, 0.2) is 78.9 Å². The van der Waals surface area contributed by atoms with Gasteiger partial charge in [0, 0.05) is 12.1 Å². The quantitative estimate of drug-likeness (QED) is 0.280. The van der Waals surface area contributed by atoms with Crippen LogP contribution in [0, 0.1) is 0 Å². The molecule has 0 aromatic heterocycles. The van der Waals surface area contributed by atoms with Gasteiger partial charge in [0.2, 0.25) is 0 Å². The molecule has 0 spiro atoms. The van der Waals surface area contributed by atoms with Gasteiger partial charge in [0.15, 0.2) is 0 Å². The van der Waals surface area contributed by atoms with Gasteiger partial charge in [-0.25, -0.2) is 0 Å².